The summed E-state index contributed by atoms with van der Waals surface area (Å²) in [6.45, 7) is 7.36. The number of benzene rings is 1. The SMILES string of the molecule is Cc1cc([C@@H]2[C@H](c3ccccn3)N=C3S[C@H](C)CN32)c(C)n1-c1cccc(C(=O)O)c1. The van der Waals surface area contributed by atoms with Gasteiger partial charge in [-0.1, -0.05) is 30.8 Å². The van der Waals surface area contributed by atoms with Crippen molar-refractivity contribution in [1.29, 1.82) is 0 Å². The molecule has 1 aromatic carbocycles. The summed E-state index contributed by atoms with van der Waals surface area (Å²) in [7, 11) is 0. The maximum absolute atomic E-state index is 11.5. The average molecular weight is 433 g/mol. The second kappa shape index (κ2) is 7.57. The lowest BCUT2D eigenvalue weighted by Gasteiger charge is -2.27. The smallest absolute Gasteiger partial charge is 0.335 e. The molecule has 158 valence electrons. The van der Waals surface area contributed by atoms with Gasteiger partial charge in [0, 0.05) is 35.1 Å². The summed E-state index contributed by atoms with van der Waals surface area (Å²) in [5.74, 6) is -0.920. The minimum absolute atomic E-state index is 0.0597. The number of carboxylic acids is 1. The maximum atomic E-state index is 11.5. The van der Waals surface area contributed by atoms with E-state index < -0.39 is 5.97 Å². The van der Waals surface area contributed by atoms with E-state index in [0.717, 1.165) is 34.5 Å². The number of amidine groups is 1. The molecule has 1 N–H and O–H groups in total. The summed E-state index contributed by atoms with van der Waals surface area (Å²) in [4.78, 5) is 23.6. The van der Waals surface area contributed by atoms with Gasteiger partial charge in [0.15, 0.2) is 5.17 Å². The molecule has 2 aliphatic heterocycles. The average Bonchev–Trinajstić information content (AvgIpc) is 3.38. The predicted molar refractivity (Wildman–Crippen MR) is 123 cm³/mol. The van der Waals surface area contributed by atoms with Crippen LogP contribution in [0.25, 0.3) is 5.69 Å². The number of carboxylic acid groups (broad SMARTS) is 1. The van der Waals surface area contributed by atoms with Gasteiger partial charge in [0.25, 0.3) is 0 Å². The van der Waals surface area contributed by atoms with E-state index in [4.69, 9.17) is 4.99 Å². The van der Waals surface area contributed by atoms with Crippen molar-refractivity contribution in [3.8, 4) is 5.69 Å². The molecule has 0 aliphatic carbocycles. The molecule has 1 saturated heterocycles. The Morgan fingerprint density at radius 2 is 2.00 bits per heavy atom. The van der Waals surface area contributed by atoms with E-state index in [1.165, 1.54) is 5.56 Å². The molecule has 7 heteroatoms. The number of fused-ring (bicyclic) bond motifs is 1. The van der Waals surface area contributed by atoms with E-state index >= 15 is 0 Å². The molecule has 0 spiro atoms. The van der Waals surface area contributed by atoms with E-state index in [1.54, 1.807) is 18.2 Å². The van der Waals surface area contributed by atoms with E-state index in [0.29, 0.717) is 5.25 Å². The minimum Gasteiger partial charge on any atom is -0.478 e. The predicted octanol–water partition coefficient (Wildman–Crippen LogP) is 4.78. The number of rotatable bonds is 4. The number of aliphatic imine (C=N–C) groups is 1. The zero-order chi connectivity index (χ0) is 21.7. The summed E-state index contributed by atoms with van der Waals surface area (Å²) in [5.41, 5.74) is 5.51. The molecule has 31 heavy (non-hydrogen) atoms. The highest BCUT2D eigenvalue weighted by Crippen LogP contribution is 2.48. The van der Waals surface area contributed by atoms with Crippen LogP contribution in [0, 0.1) is 13.8 Å². The maximum Gasteiger partial charge on any atom is 0.335 e. The Bertz CT molecular complexity index is 1190. The largest absolute Gasteiger partial charge is 0.478 e. The third-order valence-electron chi connectivity index (χ3n) is 6.02. The molecule has 0 bridgehead atoms. The number of hydrogen-bond donors (Lipinski definition) is 1. The highest BCUT2D eigenvalue weighted by atomic mass is 32.2. The second-order valence-corrected chi connectivity index (χ2v) is 9.56. The van der Waals surface area contributed by atoms with Crippen molar-refractivity contribution >= 4 is 22.9 Å². The lowest BCUT2D eigenvalue weighted by Crippen LogP contribution is -2.28. The van der Waals surface area contributed by atoms with Crippen LogP contribution in [0.3, 0.4) is 0 Å². The first-order valence-corrected chi connectivity index (χ1v) is 11.3. The standard InChI is InChI=1S/C24H24N4O2S/c1-14-11-19(16(3)28(14)18-8-6-7-17(12-18)23(29)30)22-21(20-9-4-5-10-25-20)26-24-27(22)13-15(2)31-24/h4-12,15,21-22H,13H2,1-3H3,(H,29,30)/t15-,21+,22-/m1/s1. The van der Waals surface area contributed by atoms with Crippen LogP contribution >= 0.6 is 11.8 Å². The monoisotopic (exact) mass is 432 g/mol. The lowest BCUT2D eigenvalue weighted by atomic mass is 9.96. The van der Waals surface area contributed by atoms with Crippen molar-refractivity contribution < 1.29 is 9.90 Å². The third kappa shape index (κ3) is 3.33. The molecule has 0 amide bonds. The fraction of sp³-hybridized carbons (Fsp3) is 0.292. The van der Waals surface area contributed by atoms with Crippen LogP contribution in [0.4, 0.5) is 0 Å². The van der Waals surface area contributed by atoms with Crippen LogP contribution in [0.5, 0.6) is 0 Å². The highest BCUT2D eigenvalue weighted by molar-refractivity contribution is 8.14. The van der Waals surface area contributed by atoms with Gasteiger partial charge in [-0.2, -0.15) is 0 Å². The van der Waals surface area contributed by atoms with E-state index in [2.05, 4.69) is 41.3 Å². The molecular weight excluding hydrogens is 408 g/mol. The summed E-state index contributed by atoms with van der Waals surface area (Å²) in [6, 6.07) is 15.3. The molecule has 5 rings (SSSR count). The quantitative estimate of drug-likeness (QED) is 0.643. The van der Waals surface area contributed by atoms with Gasteiger partial charge < -0.3 is 14.6 Å². The summed E-state index contributed by atoms with van der Waals surface area (Å²) in [6.07, 6.45) is 1.83. The molecule has 0 saturated carbocycles. The number of aromatic nitrogens is 2. The van der Waals surface area contributed by atoms with Gasteiger partial charge in [-0.15, -0.1) is 0 Å². The van der Waals surface area contributed by atoms with Crippen molar-refractivity contribution in [3.63, 3.8) is 0 Å². The minimum atomic E-state index is -0.920. The van der Waals surface area contributed by atoms with Gasteiger partial charge in [-0.05, 0) is 55.8 Å². The first-order valence-electron chi connectivity index (χ1n) is 10.4. The Morgan fingerprint density at radius 3 is 2.74 bits per heavy atom. The second-order valence-electron chi connectivity index (χ2n) is 8.15. The molecular formula is C24H24N4O2S. The number of nitrogens with zero attached hydrogens (tertiary/aromatic N) is 4. The Hall–Kier alpha value is -3.06. The van der Waals surface area contributed by atoms with E-state index in [-0.39, 0.29) is 17.6 Å². The molecule has 0 radical (unpaired) electrons. The molecule has 3 atom stereocenters. The topological polar surface area (TPSA) is 70.7 Å². The van der Waals surface area contributed by atoms with Crippen molar-refractivity contribution in [3.05, 3.63) is 82.9 Å². The zero-order valence-electron chi connectivity index (χ0n) is 17.7. The van der Waals surface area contributed by atoms with Gasteiger partial charge in [0.2, 0.25) is 0 Å². The molecule has 0 unspecified atom stereocenters. The van der Waals surface area contributed by atoms with Crippen LogP contribution in [0.15, 0.2) is 59.7 Å². The summed E-state index contributed by atoms with van der Waals surface area (Å²) < 4.78 is 2.14. The first kappa shape index (κ1) is 19.9. The van der Waals surface area contributed by atoms with Crippen LogP contribution in [-0.2, 0) is 0 Å². The number of aromatic carboxylic acids is 1. The fourth-order valence-electron chi connectivity index (χ4n) is 4.72. The Kier molecular flexibility index (Phi) is 4.85. The van der Waals surface area contributed by atoms with Crippen molar-refractivity contribution in [2.24, 2.45) is 4.99 Å². The number of pyridine rings is 1. The van der Waals surface area contributed by atoms with Gasteiger partial charge in [0.1, 0.15) is 6.04 Å². The van der Waals surface area contributed by atoms with Crippen LogP contribution < -0.4 is 0 Å². The van der Waals surface area contributed by atoms with E-state index in [9.17, 15) is 9.90 Å². The van der Waals surface area contributed by atoms with E-state index in [1.807, 2.05) is 42.2 Å². The third-order valence-corrected chi connectivity index (χ3v) is 7.12. The molecule has 4 heterocycles. The Morgan fingerprint density at radius 1 is 1.16 bits per heavy atom. The summed E-state index contributed by atoms with van der Waals surface area (Å²) in [5, 5.41) is 11.0. The molecule has 6 nitrogen and oxygen atoms in total. The first-order chi connectivity index (χ1) is 14.9. The highest BCUT2D eigenvalue weighted by Gasteiger charge is 2.44. The van der Waals surface area contributed by atoms with Crippen LogP contribution in [-0.4, -0.2) is 42.5 Å². The van der Waals surface area contributed by atoms with Gasteiger partial charge in [-0.3, -0.25) is 9.98 Å². The fourth-order valence-corrected chi connectivity index (χ4v) is 5.81. The van der Waals surface area contributed by atoms with Crippen molar-refractivity contribution in [2.75, 3.05) is 6.54 Å². The van der Waals surface area contributed by atoms with Gasteiger partial charge >= 0.3 is 5.97 Å². The number of aryl methyl sites for hydroxylation is 1. The zero-order valence-corrected chi connectivity index (χ0v) is 18.5. The summed E-state index contributed by atoms with van der Waals surface area (Å²) >= 11 is 1.83. The number of hydrogen-bond acceptors (Lipinski definition) is 5. The number of thioether (sulfide) groups is 1. The van der Waals surface area contributed by atoms with Crippen molar-refractivity contribution in [2.45, 2.75) is 38.1 Å². The molecule has 3 aromatic rings. The van der Waals surface area contributed by atoms with Gasteiger partial charge in [0.05, 0.1) is 17.3 Å². The normalized spacial score (nSPS) is 22.5. The molecule has 2 aromatic heterocycles. The Labute approximate surface area is 185 Å². The van der Waals surface area contributed by atoms with Gasteiger partial charge in [-0.25, -0.2) is 4.79 Å². The molecule has 1 fully saturated rings. The lowest BCUT2D eigenvalue weighted by molar-refractivity contribution is 0.0697. The number of carbonyl (C=O) groups is 1. The van der Waals surface area contributed by atoms with Crippen molar-refractivity contribution in [1.82, 2.24) is 14.5 Å². The Balaban J connectivity index is 1.62. The van der Waals surface area contributed by atoms with Crippen LogP contribution in [0.1, 0.15) is 52.0 Å². The van der Waals surface area contributed by atoms with Crippen LogP contribution in [0.2, 0.25) is 0 Å². The molecule has 2 aliphatic rings.